The molecule has 0 bridgehead atoms. The Kier molecular flexibility index (Phi) is 7.63. The number of carbonyl (C=O) groups excluding carboxylic acids is 2. The highest BCUT2D eigenvalue weighted by Gasteiger charge is 2.45. The van der Waals surface area contributed by atoms with Crippen molar-refractivity contribution in [1.29, 1.82) is 0 Å². The van der Waals surface area contributed by atoms with Crippen molar-refractivity contribution in [3.8, 4) is 5.75 Å². The number of nitrogens with zero attached hydrogens (tertiary/aromatic N) is 1. The molecule has 1 N–H and O–H groups in total. The SMILES string of the molecule is CCCCOc1ccc(C2/C(=C(/O)c3ccc(Cl)c(Cl)c3)C(=O)C(=O)N2CCC)cc1. The second-order valence-corrected chi connectivity index (χ2v) is 8.21. The summed E-state index contributed by atoms with van der Waals surface area (Å²) in [6.45, 7) is 5.04. The molecule has 1 fully saturated rings. The van der Waals surface area contributed by atoms with Crippen LogP contribution in [0.25, 0.3) is 5.76 Å². The van der Waals surface area contributed by atoms with Gasteiger partial charge in [-0.3, -0.25) is 9.59 Å². The van der Waals surface area contributed by atoms with Gasteiger partial charge in [-0.05, 0) is 48.7 Å². The third kappa shape index (κ3) is 4.89. The van der Waals surface area contributed by atoms with Gasteiger partial charge >= 0.3 is 0 Å². The Balaban J connectivity index is 2.05. The smallest absolute Gasteiger partial charge is 0.295 e. The van der Waals surface area contributed by atoms with E-state index in [2.05, 4.69) is 6.92 Å². The second kappa shape index (κ2) is 10.2. The fourth-order valence-electron chi connectivity index (χ4n) is 3.58. The van der Waals surface area contributed by atoms with E-state index in [4.69, 9.17) is 27.9 Å². The molecule has 0 aromatic heterocycles. The van der Waals surface area contributed by atoms with Gasteiger partial charge in [0.1, 0.15) is 11.5 Å². The number of carbonyl (C=O) groups is 2. The van der Waals surface area contributed by atoms with Crippen LogP contribution in [0.2, 0.25) is 10.0 Å². The highest BCUT2D eigenvalue weighted by atomic mass is 35.5. The van der Waals surface area contributed by atoms with Gasteiger partial charge in [-0.2, -0.15) is 0 Å². The predicted molar refractivity (Wildman–Crippen MR) is 123 cm³/mol. The Morgan fingerprint density at radius 2 is 1.74 bits per heavy atom. The summed E-state index contributed by atoms with van der Waals surface area (Å²) in [7, 11) is 0. The number of amides is 1. The monoisotopic (exact) mass is 461 g/mol. The quantitative estimate of drug-likeness (QED) is 0.226. The highest BCUT2D eigenvalue weighted by molar-refractivity contribution is 6.46. The zero-order chi connectivity index (χ0) is 22.5. The van der Waals surface area contributed by atoms with Gasteiger partial charge in [-0.25, -0.2) is 0 Å². The van der Waals surface area contributed by atoms with Crippen LogP contribution < -0.4 is 4.74 Å². The molecule has 2 aromatic carbocycles. The number of unbranched alkanes of at least 4 members (excludes halogenated alkanes) is 1. The van der Waals surface area contributed by atoms with Crippen molar-refractivity contribution in [2.75, 3.05) is 13.2 Å². The minimum atomic E-state index is -0.717. The molecule has 2 aromatic rings. The number of Topliss-reactive ketones (excluding diaryl/α,β-unsaturated/α-hetero) is 1. The van der Waals surface area contributed by atoms with Crippen molar-refractivity contribution in [2.24, 2.45) is 0 Å². The van der Waals surface area contributed by atoms with Gasteiger partial charge in [0.15, 0.2) is 0 Å². The number of likely N-dealkylation sites (tertiary alicyclic amines) is 1. The zero-order valence-electron chi connectivity index (χ0n) is 17.5. The number of aliphatic hydroxyl groups excluding tert-OH is 1. The molecule has 1 amide bonds. The van der Waals surface area contributed by atoms with E-state index in [9.17, 15) is 14.7 Å². The lowest BCUT2D eigenvalue weighted by Crippen LogP contribution is -2.30. The molecule has 1 aliphatic rings. The van der Waals surface area contributed by atoms with Crippen molar-refractivity contribution >= 4 is 40.7 Å². The number of benzene rings is 2. The van der Waals surface area contributed by atoms with Gasteiger partial charge in [0.25, 0.3) is 11.7 Å². The lowest BCUT2D eigenvalue weighted by atomic mass is 9.95. The molecular formula is C24H25Cl2NO4. The maximum atomic E-state index is 12.9. The fraction of sp³-hybridized carbons (Fsp3) is 0.333. The third-order valence-electron chi connectivity index (χ3n) is 5.16. The molecule has 1 heterocycles. The topological polar surface area (TPSA) is 66.8 Å². The van der Waals surface area contributed by atoms with Gasteiger partial charge in [0.05, 0.1) is 28.3 Å². The van der Waals surface area contributed by atoms with Crippen LogP contribution >= 0.6 is 23.2 Å². The van der Waals surface area contributed by atoms with E-state index in [-0.39, 0.29) is 16.4 Å². The molecule has 0 saturated carbocycles. The van der Waals surface area contributed by atoms with Crippen LogP contribution in [-0.2, 0) is 9.59 Å². The van der Waals surface area contributed by atoms with Crippen LogP contribution in [0.15, 0.2) is 48.0 Å². The number of halogens is 2. The molecule has 1 saturated heterocycles. The van der Waals surface area contributed by atoms with Crippen molar-refractivity contribution in [3.05, 3.63) is 69.2 Å². The normalized spacial score (nSPS) is 17.9. The average Bonchev–Trinajstić information content (AvgIpc) is 3.01. The number of rotatable bonds is 8. The first-order valence-electron chi connectivity index (χ1n) is 10.4. The summed E-state index contributed by atoms with van der Waals surface area (Å²) < 4.78 is 5.71. The Hall–Kier alpha value is -2.50. The molecule has 0 spiro atoms. The van der Waals surface area contributed by atoms with Crippen molar-refractivity contribution in [3.63, 3.8) is 0 Å². The lowest BCUT2D eigenvalue weighted by Gasteiger charge is -2.25. The van der Waals surface area contributed by atoms with Crippen LogP contribution in [0, 0.1) is 0 Å². The molecule has 1 aliphatic heterocycles. The first-order valence-corrected chi connectivity index (χ1v) is 11.1. The number of aliphatic hydroxyl groups is 1. The molecule has 0 aliphatic carbocycles. The molecular weight excluding hydrogens is 437 g/mol. The van der Waals surface area contributed by atoms with E-state index in [0.717, 1.165) is 18.4 Å². The van der Waals surface area contributed by atoms with Crippen LogP contribution in [-0.4, -0.2) is 34.8 Å². The van der Waals surface area contributed by atoms with Gasteiger partial charge in [0, 0.05) is 12.1 Å². The lowest BCUT2D eigenvalue weighted by molar-refractivity contribution is -0.139. The molecule has 0 radical (unpaired) electrons. The van der Waals surface area contributed by atoms with Crippen molar-refractivity contribution in [2.45, 2.75) is 39.2 Å². The number of ketones is 1. The molecule has 164 valence electrons. The van der Waals surface area contributed by atoms with Gasteiger partial charge in [-0.15, -0.1) is 0 Å². The van der Waals surface area contributed by atoms with E-state index in [1.165, 1.54) is 11.0 Å². The van der Waals surface area contributed by atoms with Crippen molar-refractivity contribution in [1.82, 2.24) is 4.90 Å². The summed E-state index contributed by atoms with van der Waals surface area (Å²) in [6, 6.07) is 11.2. The van der Waals surface area contributed by atoms with Gasteiger partial charge < -0.3 is 14.7 Å². The van der Waals surface area contributed by atoms with Crippen LogP contribution in [0.1, 0.15) is 50.3 Å². The Morgan fingerprint density at radius 1 is 1.03 bits per heavy atom. The average molecular weight is 462 g/mol. The third-order valence-corrected chi connectivity index (χ3v) is 5.90. The molecule has 3 rings (SSSR count). The largest absolute Gasteiger partial charge is 0.507 e. The van der Waals surface area contributed by atoms with E-state index >= 15 is 0 Å². The van der Waals surface area contributed by atoms with Gasteiger partial charge in [-0.1, -0.05) is 55.6 Å². The minimum Gasteiger partial charge on any atom is -0.507 e. The summed E-state index contributed by atoms with van der Waals surface area (Å²) in [5.41, 5.74) is 1.09. The maximum absolute atomic E-state index is 12.9. The van der Waals surface area contributed by atoms with Crippen molar-refractivity contribution < 1.29 is 19.4 Å². The van der Waals surface area contributed by atoms with Crippen LogP contribution in [0.5, 0.6) is 5.75 Å². The molecule has 31 heavy (non-hydrogen) atoms. The summed E-state index contributed by atoms with van der Waals surface area (Å²) in [4.78, 5) is 27.1. The van der Waals surface area contributed by atoms with Gasteiger partial charge in [0.2, 0.25) is 0 Å². The number of hydrogen-bond acceptors (Lipinski definition) is 4. The maximum Gasteiger partial charge on any atom is 0.295 e. The number of hydrogen-bond donors (Lipinski definition) is 1. The first kappa shape index (κ1) is 23.2. The summed E-state index contributed by atoms with van der Waals surface area (Å²) in [5.74, 6) is -0.903. The molecule has 1 unspecified atom stereocenters. The van der Waals surface area contributed by atoms with E-state index in [0.29, 0.717) is 35.9 Å². The standard InChI is InChI=1S/C24H25Cl2NO4/c1-3-5-13-31-17-9-6-15(7-10-17)21-20(23(29)24(30)27(21)12-4-2)22(28)16-8-11-18(25)19(26)14-16/h6-11,14,21,28H,3-5,12-13H2,1-2H3/b22-20-. The zero-order valence-corrected chi connectivity index (χ0v) is 19.0. The Bertz CT molecular complexity index is 1000. The summed E-state index contributed by atoms with van der Waals surface area (Å²) in [6.07, 6.45) is 2.68. The first-order chi connectivity index (χ1) is 14.9. The second-order valence-electron chi connectivity index (χ2n) is 7.39. The Labute approximate surface area is 192 Å². The highest BCUT2D eigenvalue weighted by Crippen LogP contribution is 2.40. The summed E-state index contributed by atoms with van der Waals surface area (Å²) >= 11 is 12.1. The van der Waals surface area contributed by atoms with Crippen LogP contribution in [0.3, 0.4) is 0 Å². The molecule has 5 nitrogen and oxygen atoms in total. The van der Waals surface area contributed by atoms with E-state index in [1.807, 2.05) is 31.2 Å². The molecule has 1 atom stereocenters. The number of ether oxygens (including phenoxy) is 1. The van der Waals surface area contributed by atoms with E-state index in [1.54, 1.807) is 12.1 Å². The minimum absolute atomic E-state index is 0.0384. The van der Waals surface area contributed by atoms with Crippen LogP contribution in [0.4, 0.5) is 0 Å². The predicted octanol–water partition coefficient (Wildman–Crippen LogP) is 6.00. The van der Waals surface area contributed by atoms with E-state index < -0.39 is 17.7 Å². The molecule has 7 heteroatoms. The summed E-state index contributed by atoms with van der Waals surface area (Å²) in [5, 5.41) is 11.6. The Morgan fingerprint density at radius 3 is 2.35 bits per heavy atom. The fourth-order valence-corrected chi connectivity index (χ4v) is 3.88.